The van der Waals surface area contributed by atoms with Gasteiger partial charge in [0.1, 0.15) is 10.8 Å². The van der Waals surface area contributed by atoms with Gasteiger partial charge in [0.05, 0.1) is 23.6 Å². The van der Waals surface area contributed by atoms with Crippen LogP contribution in [0.5, 0.6) is 5.75 Å². The molecular weight excluding hydrogens is 380 g/mol. The molecule has 0 atom stereocenters. The van der Waals surface area contributed by atoms with E-state index in [9.17, 15) is 9.59 Å². The van der Waals surface area contributed by atoms with Gasteiger partial charge in [0.15, 0.2) is 6.61 Å². The SMILES string of the molecule is CCOC(=O)Nc1snc(C)c1/C(C)=N/NC(=O)COc1c(C)cccc1C. The Morgan fingerprint density at radius 1 is 1.21 bits per heavy atom. The molecule has 2 amide bonds. The van der Waals surface area contributed by atoms with Crippen LogP contribution in [0.15, 0.2) is 23.3 Å². The Balaban J connectivity index is 2.01. The molecule has 8 nitrogen and oxygen atoms in total. The molecule has 1 aromatic carbocycles. The zero-order valence-electron chi connectivity index (χ0n) is 16.6. The van der Waals surface area contributed by atoms with Gasteiger partial charge in [-0.05, 0) is 57.3 Å². The highest BCUT2D eigenvalue weighted by molar-refractivity contribution is 7.11. The van der Waals surface area contributed by atoms with Crippen LogP contribution in [0.3, 0.4) is 0 Å². The van der Waals surface area contributed by atoms with Crippen molar-refractivity contribution >= 4 is 34.2 Å². The first-order valence-electron chi connectivity index (χ1n) is 8.76. The van der Waals surface area contributed by atoms with Crippen LogP contribution >= 0.6 is 11.5 Å². The van der Waals surface area contributed by atoms with Gasteiger partial charge in [0.25, 0.3) is 5.91 Å². The minimum absolute atomic E-state index is 0.155. The second-order valence-corrected chi connectivity index (χ2v) is 6.83. The molecule has 0 aliphatic carbocycles. The number of amides is 2. The number of hydrogen-bond donors (Lipinski definition) is 2. The Labute approximate surface area is 168 Å². The molecule has 28 heavy (non-hydrogen) atoms. The van der Waals surface area contributed by atoms with E-state index in [1.165, 1.54) is 0 Å². The van der Waals surface area contributed by atoms with Gasteiger partial charge in [0, 0.05) is 0 Å². The number of carbonyl (C=O) groups excluding carboxylic acids is 2. The molecule has 0 radical (unpaired) electrons. The fourth-order valence-electron chi connectivity index (χ4n) is 2.54. The number of para-hydroxylation sites is 1. The van der Waals surface area contributed by atoms with E-state index in [1.807, 2.05) is 32.0 Å². The molecular formula is C19H24N4O4S. The van der Waals surface area contributed by atoms with Gasteiger partial charge in [-0.3, -0.25) is 10.1 Å². The van der Waals surface area contributed by atoms with Gasteiger partial charge in [0.2, 0.25) is 0 Å². The molecule has 0 unspecified atom stereocenters. The maximum atomic E-state index is 12.1. The Hall–Kier alpha value is -2.94. The molecule has 0 spiro atoms. The summed E-state index contributed by atoms with van der Waals surface area (Å²) in [5.74, 6) is 0.305. The normalized spacial score (nSPS) is 11.1. The topological polar surface area (TPSA) is 102 Å². The maximum absolute atomic E-state index is 12.1. The van der Waals surface area contributed by atoms with Crippen molar-refractivity contribution in [2.75, 3.05) is 18.5 Å². The molecule has 0 fully saturated rings. The Bertz CT molecular complexity index is 872. The molecule has 1 aromatic heterocycles. The van der Waals surface area contributed by atoms with Gasteiger partial charge >= 0.3 is 6.09 Å². The first-order chi connectivity index (χ1) is 13.3. The van der Waals surface area contributed by atoms with Crippen molar-refractivity contribution in [3.63, 3.8) is 0 Å². The van der Waals surface area contributed by atoms with Gasteiger partial charge in [-0.25, -0.2) is 10.2 Å². The lowest BCUT2D eigenvalue weighted by Gasteiger charge is -2.11. The van der Waals surface area contributed by atoms with Crippen LogP contribution in [0.2, 0.25) is 0 Å². The summed E-state index contributed by atoms with van der Waals surface area (Å²) in [4.78, 5) is 23.8. The summed E-state index contributed by atoms with van der Waals surface area (Å²) in [5.41, 5.74) is 6.24. The maximum Gasteiger partial charge on any atom is 0.412 e. The largest absolute Gasteiger partial charge is 0.483 e. The molecule has 0 aliphatic heterocycles. The van der Waals surface area contributed by atoms with E-state index in [0.29, 0.717) is 27.7 Å². The molecule has 0 saturated heterocycles. The lowest BCUT2D eigenvalue weighted by atomic mass is 10.1. The smallest absolute Gasteiger partial charge is 0.412 e. The number of nitrogens with one attached hydrogen (secondary N) is 2. The number of nitrogens with zero attached hydrogens (tertiary/aromatic N) is 2. The number of benzene rings is 1. The van der Waals surface area contributed by atoms with Crippen LogP contribution in [-0.2, 0) is 9.53 Å². The molecule has 1 heterocycles. The highest BCUT2D eigenvalue weighted by Gasteiger charge is 2.17. The first-order valence-corrected chi connectivity index (χ1v) is 9.53. The number of anilines is 1. The predicted molar refractivity (Wildman–Crippen MR) is 109 cm³/mol. The first kappa shape index (κ1) is 21.4. The second-order valence-electron chi connectivity index (χ2n) is 6.06. The Morgan fingerprint density at radius 3 is 2.54 bits per heavy atom. The number of hydrazone groups is 1. The standard InChI is InChI=1S/C19H24N4O4S/c1-6-26-19(25)20-18-16(14(5)23-28-18)13(4)21-22-15(24)10-27-17-11(2)8-7-9-12(17)3/h7-9H,6,10H2,1-5H3,(H,20,25)(H,22,24)/b21-13+. The number of aromatic nitrogens is 1. The zero-order valence-corrected chi connectivity index (χ0v) is 17.4. The Kier molecular flexibility index (Phi) is 7.51. The average Bonchev–Trinajstić information content (AvgIpc) is 2.99. The highest BCUT2D eigenvalue weighted by atomic mass is 32.1. The minimum atomic E-state index is -0.564. The van der Waals surface area contributed by atoms with E-state index >= 15 is 0 Å². The number of rotatable bonds is 7. The zero-order chi connectivity index (χ0) is 20.7. The lowest BCUT2D eigenvalue weighted by molar-refractivity contribution is -0.123. The van der Waals surface area contributed by atoms with Gasteiger partial charge < -0.3 is 9.47 Å². The van der Waals surface area contributed by atoms with Gasteiger partial charge in [-0.15, -0.1) is 0 Å². The molecule has 2 aromatic rings. The molecule has 9 heteroatoms. The van der Waals surface area contributed by atoms with E-state index < -0.39 is 6.09 Å². The quantitative estimate of drug-likeness (QED) is 0.543. The summed E-state index contributed by atoms with van der Waals surface area (Å²) in [6, 6.07) is 5.78. The summed E-state index contributed by atoms with van der Waals surface area (Å²) >= 11 is 1.12. The van der Waals surface area contributed by atoms with E-state index in [-0.39, 0.29) is 19.1 Å². The third kappa shape index (κ3) is 5.53. The van der Waals surface area contributed by atoms with Crippen molar-refractivity contribution < 1.29 is 19.1 Å². The minimum Gasteiger partial charge on any atom is -0.483 e. The van der Waals surface area contributed by atoms with Crippen LogP contribution < -0.4 is 15.5 Å². The second kappa shape index (κ2) is 9.84. The highest BCUT2D eigenvalue weighted by Crippen LogP contribution is 2.25. The van der Waals surface area contributed by atoms with Crippen LogP contribution in [0.1, 0.15) is 36.2 Å². The van der Waals surface area contributed by atoms with Crippen LogP contribution in [0.4, 0.5) is 9.80 Å². The summed E-state index contributed by atoms with van der Waals surface area (Å²) in [6.07, 6.45) is -0.564. The predicted octanol–water partition coefficient (Wildman–Crippen LogP) is 3.56. The fraction of sp³-hybridized carbons (Fsp3) is 0.368. The molecule has 0 aliphatic rings. The van der Waals surface area contributed by atoms with Crippen molar-refractivity contribution in [1.29, 1.82) is 0 Å². The van der Waals surface area contributed by atoms with Crippen molar-refractivity contribution in [3.8, 4) is 5.75 Å². The molecule has 0 bridgehead atoms. The molecule has 2 rings (SSSR count). The third-order valence-electron chi connectivity index (χ3n) is 3.82. The van der Waals surface area contributed by atoms with Crippen molar-refractivity contribution in [2.24, 2.45) is 5.10 Å². The van der Waals surface area contributed by atoms with E-state index in [1.54, 1.807) is 20.8 Å². The summed E-state index contributed by atoms with van der Waals surface area (Å²) in [7, 11) is 0. The summed E-state index contributed by atoms with van der Waals surface area (Å²) < 4.78 is 14.7. The van der Waals surface area contributed by atoms with Gasteiger partial charge in [-0.1, -0.05) is 18.2 Å². The lowest BCUT2D eigenvalue weighted by Crippen LogP contribution is -2.26. The van der Waals surface area contributed by atoms with Crippen molar-refractivity contribution in [2.45, 2.75) is 34.6 Å². The summed E-state index contributed by atoms with van der Waals surface area (Å²) in [6.45, 7) is 9.20. The average molecular weight is 404 g/mol. The monoisotopic (exact) mass is 404 g/mol. The van der Waals surface area contributed by atoms with Crippen LogP contribution in [-0.4, -0.2) is 35.3 Å². The van der Waals surface area contributed by atoms with E-state index in [0.717, 1.165) is 22.7 Å². The number of aryl methyl sites for hydroxylation is 3. The third-order valence-corrected chi connectivity index (χ3v) is 4.67. The van der Waals surface area contributed by atoms with Crippen LogP contribution in [0, 0.1) is 20.8 Å². The van der Waals surface area contributed by atoms with Crippen LogP contribution in [0.25, 0.3) is 0 Å². The molecule has 2 N–H and O–H groups in total. The van der Waals surface area contributed by atoms with Crippen molar-refractivity contribution in [3.05, 3.63) is 40.6 Å². The molecule has 0 saturated carbocycles. The van der Waals surface area contributed by atoms with E-state index in [4.69, 9.17) is 9.47 Å². The number of carbonyl (C=O) groups is 2. The van der Waals surface area contributed by atoms with E-state index in [2.05, 4.69) is 20.2 Å². The summed E-state index contributed by atoms with van der Waals surface area (Å²) in [5, 5.41) is 7.26. The molecule has 150 valence electrons. The number of ether oxygens (including phenoxy) is 2. The van der Waals surface area contributed by atoms with Gasteiger partial charge in [-0.2, -0.15) is 9.47 Å². The Morgan fingerprint density at radius 2 is 1.89 bits per heavy atom. The number of hydrogen-bond acceptors (Lipinski definition) is 7. The van der Waals surface area contributed by atoms with Crippen molar-refractivity contribution in [1.82, 2.24) is 9.80 Å². The fourth-order valence-corrected chi connectivity index (χ4v) is 3.38.